The molecule has 2 heterocycles. The molecule has 1 aromatic heterocycles. The normalized spacial score (nSPS) is 14.6. The van der Waals surface area contributed by atoms with Crippen LogP contribution in [0.3, 0.4) is 0 Å². The first kappa shape index (κ1) is 26.3. The SMILES string of the molecule is CCOc1ccc(-c2nc(CSCC(=O)NCCN3CCN(Cc4ccccc4)CC3)c(C)o2)cc1. The van der Waals surface area contributed by atoms with Crippen LogP contribution in [0.4, 0.5) is 0 Å². The molecule has 1 fully saturated rings. The van der Waals surface area contributed by atoms with Gasteiger partial charge in [0.15, 0.2) is 0 Å². The number of amides is 1. The fourth-order valence-electron chi connectivity index (χ4n) is 4.20. The van der Waals surface area contributed by atoms with Gasteiger partial charge in [0.05, 0.1) is 18.1 Å². The van der Waals surface area contributed by atoms with Gasteiger partial charge in [-0.3, -0.25) is 14.6 Å². The molecular weight excluding hydrogens is 472 g/mol. The molecule has 4 rings (SSSR count). The number of hydrogen-bond donors (Lipinski definition) is 1. The molecule has 1 aliphatic rings. The number of carbonyl (C=O) groups excluding carboxylic acids is 1. The van der Waals surface area contributed by atoms with Crippen molar-refractivity contribution in [3.8, 4) is 17.2 Å². The van der Waals surface area contributed by atoms with Crippen LogP contribution in [0.1, 0.15) is 23.9 Å². The molecule has 0 radical (unpaired) electrons. The summed E-state index contributed by atoms with van der Waals surface area (Å²) in [6, 6.07) is 18.4. The molecule has 0 aliphatic carbocycles. The molecule has 0 saturated carbocycles. The number of carbonyl (C=O) groups is 1. The van der Waals surface area contributed by atoms with Crippen molar-refractivity contribution < 1.29 is 13.9 Å². The van der Waals surface area contributed by atoms with Crippen molar-refractivity contribution in [2.24, 2.45) is 0 Å². The van der Waals surface area contributed by atoms with Crippen LogP contribution >= 0.6 is 11.8 Å². The van der Waals surface area contributed by atoms with Gasteiger partial charge in [-0.25, -0.2) is 4.98 Å². The van der Waals surface area contributed by atoms with Crippen molar-refractivity contribution >= 4 is 17.7 Å². The molecule has 2 aromatic carbocycles. The van der Waals surface area contributed by atoms with E-state index in [1.54, 1.807) is 11.8 Å². The number of piperazine rings is 1. The monoisotopic (exact) mass is 508 g/mol. The van der Waals surface area contributed by atoms with Gasteiger partial charge in [0, 0.05) is 57.1 Å². The number of rotatable bonds is 12. The average Bonchev–Trinajstić information content (AvgIpc) is 3.26. The Labute approximate surface area is 218 Å². The summed E-state index contributed by atoms with van der Waals surface area (Å²) in [4.78, 5) is 21.9. The van der Waals surface area contributed by atoms with Gasteiger partial charge >= 0.3 is 0 Å². The van der Waals surface area contributed by atoms with E-state index in [0.29, 0.717) is 30.5 Å². The minimum atomic E-state index is 0.0654. The Kier molecular flexibility index (Phi) is 9.84. The van der Waals surface area contributed by atoms with E-state index >= 15 is 0 Å². The van der Waals surface area contributed by atoms with Gasteiger partial charge in [0.2, 0.25) is 11.8 Å². The van der Waals surface area contributed by atoms with Crippen LogP contribution in [0.5, 0.6) is 5.75 Å². The summed E-state index contributed by atoms with van der Waals surface area (Å²) in [7, 11) is 0. The van der Waals surface area contributed by atoms with E-state index in [1.165, 1.54) is 5.56 Å². The molecule has 0 spiro atoms. The molecule has 0 bridgehead atoms. The second-order valence-electron chi connectivity index (χ2n) is 8.93. The molecule has 1 saturated heterocycles. The number of aromatic nitrogens is 1. The standard InChI is InChI=1S/C28H36N4O3S/c1-3-34-25-11-9-24(10-12-25)28-30-26(22(2)35-28)20-36-21-27(33)29-13-14-31-15-17-32(18-16-31)19-23-7-5-4-6-8-23/h4-12H,3,13-21H2,1-2H3,(H,29,33). The number of hydrogen-bond acceptors (Lipinski definition) is 7. The van der Waals surface area contributed by atoms with Crippen molar-refractivity contribution in [1.82, 2.24) is 20.1 Å². The van der Waals surface area contributed by atoms with Gasteiger partial charge in [0.1, 0.15) is 11.5 Å². The highest BCUT2D eigenvalue weighted by molar-refractivity contribution is 7.99. The molecule has 192 valence electrons. The number of nitrogens with zero attached hydrogens (tertiary/aromatic N) is 3. The fourth-order valence-corrected chi connectivity index (χ4v) is 5.05. The summed E-state index contributed by atoms with van der Waals surface area (Å²) in [5.74, 6) is 3.34. The number of aryl methyl sites for hydroxylation is 1. The van der Waals surface area contributed by atoms with Gasteiger partial charge in [0.25, 0.3) is 0 Å². The first-order valence-corrected chi connectivity index (χ1v) is 13.8. The van der Waals surface area contributed by atoms with Gasteiger partial charge in [-0.1, -0.05) is 30.3 Å². The molecule has 0 unspecified atom stereocenters. The topological polar surface area (TPSA) is 70.8 Å². The van der Waals surface area contributed by atoms with Crippen molar-refractivity contribution in [3.05, 3.63) is 71.6 Å². The van der Waals surface area contributed by atoms with Crippen LogP contribution < -0.4 is 10.1 Å². The Hall–Kier alpha value is -2.81. The largest absolute Gasteiger partial charge is 0.494 e. The predicted octanol–water partition coefficient (Wildman–Crippen LogP) is 4.22. The molecule has 0 atom stereocenters. The molecule has 36 heavy (non-hydrogen) atoms. The lowest BCUT2D eigenvalue weighted by atomic mass is 10.2. The predicted molar refractivity (Wildman–Crippen MR) is 145 cm³/mol. The van der Waals surface area contributed by atoms with Crippen LogP contribution in [-0.2, 0) is 17.1 Å². The third-order valence-electron chi connectivity index (χ3n) is 6.24. The molecule has 3 aromatic rings. The maximum absolute atomic E-state index is 12.3. The van der Waals surface area contributed by atoms with Crippen molar-refractivity contribution in [3.63, 3.8) is 0 Å². The van der Waals surface area contributed by atoms with Crippen molar-refractivity contribution in [2.45, 2.75) is 26.1 Å². The Morgan fingerprint density at radius 1 is 1.06 bits per heavy atom. The number of nitrogens with one attached hydrogen (secondary N) is 1. The Bertz CT molecular complexity index is 1080. The van der Waals surface area contributed by atoms with E-state index in [4.69, 9.17) is 9.15 Å². The zero-order valence-corrected chi connectivity index (χ0v) is 22.1. The lowest BCUT2D eigenvalue weighted by Crippen LogP contribution is -2.48. The van der Waals surface area contributed by atoms with E-state index in [0.717, 1.165) is 62.0 Å². The number of oxazole rings is 1. The molecule has 8 heteroatoms. The first-order chi connectivity index (χ1) is 17.6. The van der Waals surface area contributed by atoms with Gasteiger partial charge in [-0.15, -0.1) is 11.8 Å². The van der Waals surface area contributed by atoms with Crippen LogP contribution in [0, 0.1) is 6.92 Å². The summed E-state index contributed by atoms with van der Waals surface area (Å²) in [6.45, 7) is 11.3. The van der Waals surface area contributed by atoms with Crippen LogP contribution in [0.2, 0.25) is 0 Å². The summed E-state index contributed by atoms with van der Waals surface area (Å²) in [5, 5.41) is 3.06. The van der Waals surface area contributed by atoms with E-state index < -0.39 is 0 Å². The zero-order valence-electron chi connectivity index (χ0n) is 21.2. The van der Waals surface area contributed by atoms with E-state index in [9.17, 15) is 4.79 Å². The fraction of sp³-hybridized carbons (Fsp3) is 0.429. The quantitative estimate of drug-likeness (QED) is 0.393. The molecule has 1 aliphatic heterocycles. The zero-order chi connectivity index (χ0) is 25.2. The molecule has 1 amide bonds. The summed E-state index contributed by atoms with van der Waals surface area (Å²) >= 11 is 1.56. The maximum Gasteiger partial charge on any atom is 0.230 e. The van der Waals surface area contributed by atoms with Crippen LogP contribution in [0.15, 0.2) is 59.0 Å². The highest BCUT2D eigenvalue weighted by atomic mass is 32.2. The summed E-state index contributed by atoms with van der Waals surface area (Å²) < 4.78 is 11.3. The number of benzene rings is 2. The third kappa shape index (κ3) is 7.85. The minimum Gasteiger partial charge on any atom is -0.494 e. The van der Waals surface area contributed by atoms with E-state index in [1.807, 2.05) is 38.1 Å². The Morgan fingerprint density at radius 2 is 1.78 bits per heavy atom. The first-order valence-electron chi connectivity index (χ1n) is 12.6. The van der Waals surface area contributed by atoms with Gasteiger partial charge < -0.3 is 14.5 Å². The molecular formula is C28H36N4O3S. The van der Waals surface area contributed by atoms with Crippen molar-refractivity contribution in [2.75, 3.05) is 51.6 Å². The Balaban J connectivity index is 1.11. The van der Waals surface area contributed by atoms with Crippen LogP contribution in [0.25, 0.3) is 11.5 Å². The van der Waals surface area contributed by atoms with Gasteiger partial charge in [-0.05, 0) is 43.7 Å². The lowest BCUT2D eigenvalue weighted by Gasteiger charge is -2.34. The number of ether oxygens (including phenoxy) is 1. The lowest BCUT2D eigenvalue weighted by molar-refractivity contribution is -0.118. The average molecular weight is 509 g/mol. The summed E-state index contributed by atoms with van der Waals surface area (Å²) in [6.07, 6.45) is 0. The van der Waals surface area contributed by atoms with Crippen molar-refractivity contribution in [1.29, 1.82) is 0 Å². The maximum atomic E-state index is 12.3. The Morgan fingerprint density at radius 3 is 2.50 bits per heavy atom. The van der Waals surface area contributed by atoms with E-state index in [-0.39, 0.29) is 5.91 Å². The smallest absolute Gasteiger partial charge is 0.230 e. The third-order valence-corrected chi connectivity index (χ3v) is 7.18. The second-order valence-corrected chi connectivity index (χ2v) is 9.91. The second kappa shape index (κ2) is 13.5. The van der Waals surface area contributed by atoms with Crippen LogP contribution in [-0.4, -0.2) is 72.3 Å². The number of thioether (sulfide) groups is 1. The minimum absolute atomic E-state index is 0.0654. The molecule has 1 N–H and O–H groups in total. The highest BCUT2D eigenvalue weighted by Gasteiger charge is 2.17. The highest BCUT2D eigenvalue weighted by Crippen LogP contribution is 2.26. The molecule has 7 nitrogen and oxygen atoms in total. The van der Waals surface area contributed by atoms with E-state index in [2.05, 4.69) is 50.4 Å². The summed E-state index contributed by atoms with van der Waals surface area (Å²) in [5.41, 5.74) is 3.16. The van der Waals surface area contributed by atoms with Gasteiger partial charge in [-0.2, -0.15) is 0 Å².